The van der Waals surface area contributed by atoms with Gasteiger partial charge in [-0.3, -0.25) is 14.5 Å². The molecule has 0 radical (unpaired) electrons. The van der Waals surface area contributed by atoms with E-state index in [0.29, 0.717) is 5.56 Å². The Kier molecular flexibility index (Phi) is 5.20. The number of halogens is 1. The third-order valence-corrected chi connectivity index (χ3v) is 4.08. The van der Waals surface area contributed by atoms with Crippen molar-refractivity contribution in [1.82, 2.24) is 10.2 Å². The van der Waals surface area contributed by atoms with Crippen LogP contribution in [0.2, 0.25) is 0 Å². The van der Waals surface area contributed by atoms with Crippen molar-refractivity contribution in [3.05, 3.63) is 46.6 Å². The average molecular weight is 381 g/mol. The third kappa shape index (κ3) is 3.44. The van der Waals surface area contributed by atoms with Crippen molar-refractivity contribution in [2.75, 3.05) is 6.61 Å². The molecular weight excluding hydrogens is 364 g/mol. The number of amides is 3. The lowest BCUT2D eigenvalue weighted by atomic mass is 9.87. The summed E-state index contributed by atoms with van der Waals surface area (Å²) in [5, 5.41) is 2.47. The summed E-state index contributed by atoms with van der Waals surface area (Å²) in [5.74, 6) is -1.85. The Morgan fingerprint density at radius 2 is 1.96 bits per heavy atom. The number of rotatable bonds is 3. The van der Waals surface area contributed by atoms with Gasteiger partial charge in [-0.2, -0.15) is 0 Å². The number of hydrogen-bond acceptors (Lipinski definition) is 4. The highest BCUT2D eigenvalue weighted by atomic mass is 79.9. The van der Waals surface area contributed by atoms with Crippen LogP contribution in [0.1, 0.15) is 25.5 Å². The van der Waals surface area contributed by atoms with Crippen molar-refractivity contribution in [2.45, 2.75) is 19.9 Å². The standard InChI is InChI=1S/C16H17BrN2O4/c1-4-23-15(21)13-9(2)18-16(22)19(10(3)20)14(13)11-5-7-12(17)8-6-11/h5-8,13-14H,2,4H2,1,3H3,(H,18,22). The molecule has 0 bridgehead atoms. The number of esters is 1. The first-order chi connectivity index (χ1) is 10.9. The van der Waals surface area contributed by atoms with Crippen molar-refractivity contribution < 1.29 is 19.1 Å². The van der Waals surface area contributed by atoms with Gasteiger partial charge in [-0.25, -0.2) is 4.79 Å². The van der Waals surface area contributed by atoms with Gasteiger partial charge in [-0.1, -0.05) is 34.6 Å². The maximum absolute atomic E-state index is 12.4. The number of urea groups is 1. The van der Waals surface area contributed by atoms with Crippen molar-refractivity contribution in [3.63, 3.8) is 0 Å². The van der Waals surface area contributed by atoms with Gasteiger partial charge in [0, 0.05) is 17.1 Å². The molecule has 23 heavy (non-hydrogen) atoms. The van der Waals surface area contributed by atoms with Crippen LogP contribution in [0.4, 0.5) is 4.79 Å². The van der Waals surface area contributed by atoms with Gasteiger partial charge in [-0.15, -0.1) is 0 Å². The first-order valence-electron chi connectivity index (χ1n) is 7.08. The van der Waals surface area contributed by atoms with Crippen LogP contribution in [0.5, 0.6) is 0 Å². The number of hydrogen-bond donors (Lipinski definition) is 1. The van der Waals surface area contributed by atoms with Gasteiger partial charge < -0.3 is 10.1 Å². The largest absolute Gasteiger partial charge is 0.465 e. The molecule has 1 N–H and O–H groups in total. The minimum Gasteiger partial charge on any atom is -0.465 e. The highest BCUT2D eigenvalue weighted by Gasteiger charge is 2.45. The zero-order chi connectivity index (χ0) is 17.1. The second kappa shape index (κ2) is 6.95. The summed E-state index contributed by atoms with van der Waals surface area (Å²) in [6.45, 7) is 6.93. The molecule has 0 aromatic heterocycles. The molecule has 1 aliphatic heterocycles. The highest BCUT2D eigenvalue weighted by molar-refractivity contribution is 9.10. The second-order valence-corrected chi connectivity index (χ2v) is 5.99. The highest BCUT2D eigenvalue weighted by Crippen LogP contribution is 2.37. The predicted molar refractivity (Wildman–Crippen MR) is 87.2 cm³/mol. The van der Waals surface area contributed by atoms with Crippen molar-refractivity contribution in [2.24, 2.45) is 5.92 Å². The smallest absolute Gasteiger partial charge is 0.328 e. The van der Waals surface area contributed by atoms with Crippen LogP contribution < -0.4 is 5.32 Å². The molecule has 1 aromatic carbocycles. The van der Waals surface area contributed by atoms with E-state index >= 15 is 0 Å². The zero-order valence-electron chi connectivity index (χ0n) is 12.8. The van der Waals surface area contributed by atoms with Gasteiger partial charge in [0.05, 0.1) is 12.6 Å². The Morgan fingerprint density at radius 1 is 1.35 bits per heavy atom. The Morgan fingerprint density at radius 3 is 2.48 bits per heavy atom. The van der Waals surface area contributed by atoms with Gasteiger partial charge in [0.1, 0.15) is 5.92 Å². The molecule has 1 aromatic rings. The third-order valence-electron chi connectivity index (χ3n) is 3.55. The number of nitrogens with one attached hydrogen (secondary N) is 1. The summed E-state index contributed by atoms with van der Waals surface area (Å²) in [6, 6.07) is 5.68. The number of carbonyl (C=O) groups is 3. The molecular formula is C16H17BrN2O4. The van der Waals surface area contributed by atoms with Crippen molar-refractivity contribution in [3.8, 4) is 0 Å². The normalized spacial score (nSPS) is 20.9. The van der Waals surface area contributed by atoms with Crippen LogP contribution in [0.15, 0.2) is 41.0 Å². The summed E-state index contributed by atoms with van der Waals surface area (Å²) in [6.07, 6.45) is 0. The van der Waals surface area contributed by atoms with Gasteiger partial charge in [0.2, 0.25) is 5.91 Å². The molecule has 2 unspecified atom stereocenters. The first-order valence-corrected chi connectivity index (χ1v) is 7.87. The molecule has 1 fully saturated rings. The molecule has 1 saturated heterocycles. The molecule has 7 heteroatoms. The van der Waals surface area contributed by atoms with E-state index in [0.717, 1.165) is 9.37 Å². The van der Waals surface area contributed by atoms with Crippen molar-refractivity contribution >= 4 is 33.8 Å². The van der Waals surface area contributed by atoms with E-state index in [1.165, 1.54) is 6.92 Å². The van der Waals surface area contributed by atoms with Crippen LogP contribution in [-0.2, 0) is 14.3 Å². The number of nitrogens with zero attached hydrogens (tertiary/aromatic N) is 1. The number of benzene rings is 1. The quantitative estimate of drug-likeness (QED) is 0.817. The maximum Gasteiger partial charge on any atom is 0.328 e. The molecule has 0 saturated carbocycles. The van der Waals surface area contributed by atoms with E-state index in [1.54, 1.807) is 31.2 Å². The molecule has 6 nitrogen and oxygen atoms in total. The van der Waals surface area contributed by atoms with E-state index < -0.39 is 29.9 Å². The predicted octanol–water partition coefficient (Wildman–Crippen LogP) is 2.75. The molecule has 2 atom stereocenters. The van der Waals surface area contributed by atoms with E-state index in [1.807, 2.05) is 0 Å². The molecule has 1 aliphatic rings. The molecule has 1 heterocycles. The van der Waals surface area contributed by atoms with Crippen molar-refractivity contribution in [1.29, 1.82) is 0 Å². The lowest BCUT2D eigenvalue weighted by Gasteiger charge is -2.39. The van der Waals surface area contributed by atoms with Gasteiger partial charge in [0.25, 0.3) is 0 Å². The van der Waals surface area contributed by atoms with E-state index in [9.17, 15) is 14.4 Å². The monoisotopic (exact) mass is 380 g/mol. The van der Waals surface area contributed by atoms with E-state index in [4.69, 9.17) is 4.74 Å². The van der Waals surface area contributed by atoms with E-state index in [-0.39, 0.29) is 12.3 Å². The second-order valence-electron chi connectivity index (χ2n) is 5.07. The zero-order valence-corrected chi connectivity index (χ0v) is 14.4. The molecule has 0 spiro atoms. The summed E-state index contributed by atoms with van der Waals surface area (Å²) < 4.78 is 5.94. The lowest BCUT2D eigenvalue weighted by Crippen LogP contribution is -2.55. The van der Waals surface area contributed by atoms with Gasteiger partial charge in [-0.05, 0) is 24.6 Å². The van der Waals surface area contributed by atoms with Gasteiger partial charge >= 0.3 is 12.0 Å². The fourth-order valence-electron chi connectivity index (χ4n) is 2.58. The Balaban J connectivity index is 2.54. The van der Waals surface area contributed by atoms with Crippen LogP contribution in [0.25, 0.3) is 0 Å². The lowest BCUT2D eigenvalue weighted by molar-refractivity contribution is -0.150. The number of ether oxygens (including phenoxy) is 1. The van der Waals surface area contributed by atoms with Crippen LogP contribution in [0.3, 0.4) is 0 Å². The molecule has 122 valence electrons. The van der Waals surface area contributed by atoms with Crippen LogP contribution in [-0.4, -0.2) is 29.4 Å². The first kappa shape index (κ1) is 17.2. The summed E-state index contributed by atoms with van der Waals surface area (Å²) >= 11 is 3.34. The Bertz CT molecular complexity index is 657. The number of imide groups is 1. The summed E-state index contributed by atoms with van der Waals surface area (Å²) in [4.78, 5) is 37.5. The minimum atomic E-state index is -0.863. The SMILES string of the molecule is C=C1NC(=O)N(C(C)=O)C(c2ccc(Br)cc2)C1C(=O)OCC. The maximum atomic E-state index is 12.4. The Hall–Kier alpha value is -2.15. The molecule has 3 amide bonds. The fourth-order valence-corrected chi connectivity index (χ4v) is 2.85. The van der Waals surface area contributed by atoms with Gasteiger partial charge in [0.15, 0.2) is 0 Å². The molecule has 2 rings (SSSR count). The summed E-state index contributed by atoms with van der Waals surface area (Å²) in [5.41, 5.74) is 0.872. The fraction of sp³-hybridized carbons (Fsp3) is 0.312. The topological polar surface area (TPSA) is 75.7 Å². The minimum absolute atomic E-state index is 0.198. The molecule has 0 aliphatic carbocycles. The van der Waals surface area contributed by atoms with E-state index in [2.05, 4.69) is 27.8 Å². The van der Waals surface area contributed by atoms with Crippen LogP contribution in [0, 0.1) is 5.92 Å². The number of carbonyl (C=O) groups excluding carboxylic acids is 3. The van der Waals surface area contributed by atoms with Crippen LogP contribution >= 0.6 is 15.9 Å². The summed E-state index contributed by atoms with van der Waals surface area (Å²) in [7, 11) is 0. The Labute approximate surface area is 142 Å². The average Bonchev–Trinajstić information content (AvgIpc) is 2.46.